The van der Waals surface area contributed by atoms with Crippen molar-refractivity contribution < 1.29 is 9.59 Å². The Hall–Kier alpha value is -2.49. The number of benzene rings is 2. The van der Waals surface area contributed by atoms with Crippen LogP contribution in [0.5, 0.6) is 0 Å². The van der Waals surface area contributed by atoms with Crippen LogP contribution in [0.1, 0.15) is 20.7 Å². The normalized spacial score (nSPS) is 12.8. The summed E-state index contributed by atoms with van der Waals surface area (Å²) in [6.45, 7) is 0. The molecule has 0 saturated heterocycles. The van der Waals surface area contributed by atoms with Gasteiger partial charge in [0.1, 0.15) is 0 Å². The summed E-state index contributed by atoms with van der Waals surface area (Å²) < 4.78 is 0. The molecule has 2 aromatic rings. The Labute approximate surface area is 104 Å². The van der Waals surface area contributed by atoms with Gasteiger partial charge < -0.3 is 4.90 Å². The fraction of sp³-hybridized carbons (Fsp3) is 0.0714. The summed E-state index contributed by atoms with van der Waals surface area (Å²) in [5, 5.41) is 1.68. The molecule has 0 amide bonds. The molecule has 0 atom stereocenters. The molecule has 3 rings (SSSR count). The van der Waals surface area contributed by atoms with Crippen molar-refractivity contribution in [2.24, 2.45) is 4.99 Å². The fourth-order valence-corrected chi connectivity index (χ4v) is 2.37. The lowest BCUT2D eigenvalue weighted by Gasteiger charge is -2.23. The summed E-state index contributed by atoms with van der Waals surface area (Å²) in [7, 11) is 1.84. The minimum absolute atomic E-state index is 0.505. The molecule has 4 nitrogen and oxygen atoms in total. The predicted octanol–water partition coefficient (Wildman–Crippen LogP) is 2.57. The van der Waals surface area contributed by atoms with Crippen LogP contribution in [0.15, 0.2) is 29.3 Å². The summed E-state index contributed by atoms with van der Waals surface area (Å²) in [6, 6.07) is 7.22. The lowest BCUT2D eigenvalue weighted by molar-refractivity contribution is 0.112. The third-order valence-electron chi connectivity index (χ3n) is 3.15. The van der Waals surface area contributed by atoms with Gasteiger partial charge in [-0.2, -0.15) is 0 Å². The molecule has 0 saturated carbocycles. The van der Waals surface area contributed by atoms with Gasteiger partial charge in [-0.15, -0.1) is 0 Å². The van der Waals surface area contributed by atoms with E-state index < -0.39 is 0 Å². The van der Waals surface area contributed by atoms with E-state index in [1.807, 2.05) is 25.2 Å². The number of hydrogen-bond acceptors (Lipinski definition) is 4. The second-order valence-corrected chi connectivity index (χ2v) is 4.19. The number of rotatable bonds is 2. The second-order valence-electron chi connectivity index (χ2n) is 4.19. The van der Waals surface area contributed by atoms with Crippen molar-refractivity contribution >= 4 is 41.1 Å². The summed E-state index contributed by atoms with van der Waals surface area (Å²) in [4.78, 5) is 28.4. The van der Waals surface area contributed by atoms with Crippen molar-refractivity contribution in [3.8, 4) is 0 Å². The Morgan fingerprint density at radius 3 is 2.67 bits per heavy atom. The van der Waals surface area contributed by atoms with Gasteiger partial charge in [0.05, 0.1) is 17.7 Å². The topological polar surface area (TPSA) is 49.7 Å². The molecule has 1 heterocycles. The van der Waals surface area contributed by atoms with Crippen LogP contribution in [0, 0.1) is 0 Å². The lowest BCUT2D eigenvalue weighted by atomic mass is 9.97. The monoisotopic (exact) mass is 238 g/mol. The van der Waals surface area contributed by atoms with E-state index in [1.54, 1.807) is 17.3 Å². The molecule has 2 aromatic carbocycles. The quantitative estimate of drug-likeness (QED) is 0.755. The average molecular weight is 238 g/mol. The van der Waals surface area contributed by atoms with E-state index >= 15 is 0 Å². The number of aldehydes is 2. The van der Waals surface area contributed by atoms with Crippen LogP contribution in [0.25, 0.3) is 10.8 Å². The molecule has 0 spiro atoms. The van der Waals surface area contributed by atoms with Crippen molar-refractivity contribution in [3.05, 3.63) is 35.4 Å². The van der Waals surface area contributed by atoms with Crippen molar-refractivity contribution in [1.82, 2.24) is 0 Å². The third kappa shape index (κ3) is 1.29. The highest BCUT2D eigenvalue weighted by molar-refractivity contribution is 6.17. The summed E-state index contributed by atoms with van der Waals surface area (Å²) in [5.74, 6) is 0. The van der Waals surface area contributed by atoms with Gasteiger partial charge in [0.25, 0.3) is 0 Å². The van der Waals surface area contributed by atoms with E-state index in [1.165, 1.54) is 0 Å². The van der Waals surface area contributed by atoms with Gasteiger partial charge in [0.15, 0.2) is 12.6 Å². The van der Waals surface area contributed by atoms with Crippen LogP contribution in [-0.4, -0.2) is 26.0 Å². The van der Waals surface area contributed by atoms with E-state index in [-0.39, 0.29) is 0 Å². The maximum atomic E-state index is 11.2. The Morgan fingerprint density at radius 2 is 1.94 bits per heavy atom. The average Bonchev–Trinajstić information content (AvgIpc) is 2.42. The maximum Gasteiger partial charge on any atom is 0.152 e. The van der Waals surface area contributed by atoms with E-state index in [0.717, 1.165) is 34.7 Å². The van der Waals surface area contributed by atoms with Crippen LogP contribution in [0.3, 0.4) is 0 Å². The zero-order valence-corrected chi connectivity index (χ0v) is 9.75. The van der Waals surface area contributed by atoms with Crippen LogP contribution in [-0.2, 0) is 0 Å². The first-order chi connectivity index (χ1) is 8.76. The zero-order chi connectivity index (χ0) is 12.7. The molecular formula is C14H10N2O2. The van der Waals surface area contributed by atoms with Crippen molar-refractivity contribution in [2.75, 3.05) is 11.9 Å². The van der Waals surface area contributed by atoms with Gasteiger partial charge in [-0.25, -0.2) is 4.99 Å². The highest BCUT2D eigenvalue weighted by Crippen LogP contribution is 2.39. The SMILES string of the molecule is CN1C=Nc2cccc3c(C=O)cc(C=O)c1c23. The van der Waals surface area contributed by atoms with Gasteiger partial charge in [-0.1, -0.05) is 12.1 Å². The Balaban J connectivity index is 2.57. The minimum atomic E-state index is 0.505. The van der Waals surface area contributed by atoms with E-state index in [2.05, 4.69) is 4.99 Å². The first kappa shape index (κ1) is 10.7. The standard InChI is InChI=1S/C14H10N2O2/c1-16-8-15-12-4-2-3-11-9(6-17)5-10(7-18)14(16)13(11)12/h2-8H,1H3. The van der Waals surface area contributed by atoms with Crippen LogP contribution in [0.2, 0.25) is 0 Å². The lowest BCUT2D eigenvalue weighted by Crippen LogP contribution is -2.19. The van der Waals surface area contributed by atoms with Crippen LogP contribution >= 0.6 is 0 Å². The van der Waals surface area contributed by atoms with Gasteiger partial charge in [0, 0.05) is 23.6 Å². The van der Waals surface area contributed by atoms with Gasteiger partial charge in [-0.05, 0) is 17.5 Å². The molecule has 0 aromatic heterocycles. The number of aliphatic imine (C=N–C) groups is 1. The smallest absolute Gasteiger partial charge is 0.152 e. The summed E-state index contributed by atoms with van der Waals surface area (Å²) in [5.41, 5.74) is 2.61. The predicted molar refractivity (Wildman–Crippen MR) is 71.3 cm³/mol. The molecule has 88 valence electrons. The Morgan fingerprint density at radius 1 is 1.17 bits per heavy atom. The number of hydrogen-bond donors (Lipinski definition) is 0. The Kier molecular flexibility index (Phi) is 2.23. The van der Waals surface area contributed by atoms with Gasteiger partial charge in [-0.3, -0.25) is 9.59 Å². The van der Waals surface area contributed by atoms with Gasteiger partial charge >= 0.3 is 0 Å². The first-order valence-corrected chi connectivity index (χ1v) is 5.53. The highest BCUT2D eigenvalue weighted by Gasteiger charge is 2.19. The molecule has 0 unspecified atom stereocenters. The fourth-order valence-electron chi connectivity index (χ4n) is 2.37. The molecule has 0 fully saturated rings. The second kappa shape index (κ2) is 3.77. The molecule has 4 heteroatoms. The largest absolute Gasteiger partial charge is 0.334 e. The molecule has 1 aliphatic rings. The summed E-state index contributed by atoms with van der Waals surface area (Å²) in [6.07, 6.45) is 3.22. The minimum Gasteiger partial charge on any atom is -0.334 e. The number of carbonyl (C=O) groups excluding carboxylic acids is 2. The van der Waals surface area contributed by atoms with Crippen molar-refractivity contribution in [2.45, 2.75) is 0 Å². The van der Waals surface area contributed by atoms with Crippen LogP contribution < -0.4 is 4.90 Å². The van der Waals surface area contributed by atoms with Gasteiger partial charge in [0.2, 0.25) is 0 Å². The van der Waals surface area contributed by atoms with Crippen molar-refractivity contribution in [1.29, 1.82) is 0 Å². The summed E-state index contributed by atoms with van der Waals surface area (Å²) >= 11 is 0. The molecule has 0 radical (unpaired) electrons. The molecular weight excluding hydrogens is 228 g/mol. The molecule has 1 aliphatic heterocycles. The van der Waals surface area contributed by atoms with E-state index in [0.29, 0.717) is 11.1 Å². The number of nitrogens with zero attached hydrogens (tertiary/aromatic N) is 2. The van der Waals surface area contributed by atoms with Crippen molar-refractivity contribution in [3.63, 3.8) is 0 Å². The van der Waals surface area contributed by atoms with E-state index in [4.69, 9.17) is 0 Å². The van der Waals surface area contributed by atoms with E-state index in [9.17, 15) is 9.59 Å². The third-order valence-corrected chi connectivity index (χ3v) is 3.15. The molecule has 0 aliphatic carbocycles. The highest BCUT2D eigenvalue weighted by atomic mass is 16.1. The first-order valence-electron chi connectivity index (χ1n) is 5.53. The zero-order valence-electron chi connectivity index (χ0n) is 9.75. The molecule has 0 N–H and O–H groups in total. The maximum absolute atomic E-state index is 11.2. The number of carbonyl (C=O) groups is 2. The van der Waals surface area contributed by atoms with Crippen LogP contribution in [0.4, 0.5) is 11.4 Å². The Bertz CT molecular complexity index is 704. The number of anilines is 1. The molecule has 0 bridgehead atoms. The molecule has 18 heavy (non-hydrogen) atoms.